The third-order valence-corrected chi connectivity index (χ3v) is 9.02. The molecule has 0 amide bonds. The second-order valence-electron chi connectivity index (χ2n) is 11.9. The quantitative estimate of drug-likeness (QED) is 0.205. The molecule has 2 unspecified atom stereocenters. The van der Waals surface area contributed by atoms with Crippen molar-refractivity contribution in [1.29, 1.82) is 0 Å². The van der Waals surface area contributed by atoms with E-state index in [1.807, 2.05) is 30.5 Å². The zero-order chi connectivity index (χ0) is 31.2. The fourth-order valence-electron chi connectivity index (χ4n) is 6.78. The molecule has 0 bridgehead atoms. The number of hydrogen-bond donors (Lipinski definition) is 2. The van der Waals surface area contributed by atoms with Crippen LogP contribution in [0.5, 0.6) is 0 Å². The molecule has 0 saturated heterocycles. The van der Waals surface area contributed by atoms with Crippen molar-refractivity contribution in [3.8, 4) is 22.3 Å². The van der Waals surface area contributed by atoms with Gasteiger partial charge in [0.2, 0.25) is 0 Å². The maximum Gasteiger partial charge on any atom is 0.143 e. The number of rotatable bonds is 5. The predicted molar refractivity (Wildman–Crippen MR) is 191 cm³/mol. The van der Waals surface area contributed by atoms with Crippen LogP contribution in [0, 0.1) is 0 Å². The minimum atomic E-state index is -0.222. The van der Waals surface area contributed by atoms with Crippen molar-refractivity contribution < 1.29 is 4.42 Å². The molecular formula is C42H30N4O. The monoisotopic (exact) mass is 606 g/mol. The summed E-state index contributed by atoms with van der Waals surface area (Å²) in [6, 6.07) is 52.7. The summed E-state index contributed by atoms with van der Waals surface area (Å²) in [6.07, 6.45) is 1.39. The van der Waals surface area contributed by atoms with Crippen molar-refractivity contribution in [3.05, 3.63) is 175 Å². The van der Waals surface area contributed by atoms with Gasteiger partial charge in [-0.15, -0.1) is 0 Å². The lowest BCUT2D eigenvalue weighted by Gasteiger charge is -2.33. The summed E-state index contributed by atoms with van der Waals surface area (Å²) in [7, 11) is 0. The maximum atomic E-state index is 6.75. The number of furan rings is 1. The minimum absolute atomic E-state index is 0.212. The molecule has 8 aromatic rings. The van der Waals surface area contributed by atoms with Crippen LogP contribution in [0.1, 0.15) is 29.0 Å². The lowest BCUT2D eigenvalue weighted by Crippen LogP contribution is -2.45. The van der Waals surface area contributed by atoms with E-state index < -0.39 is 0 Å². The normalized spacial score (nSPS) is 16.3. The topological polar surface area (TPSA) is 62.5 Å². The molecule has 0 saturated carbocycles. The molecule has 224 valence electrons. The third-order valence-electron chi connectivity index (χ3n) is 9.02. The van der Waals surface area contributed by atoms with Crippen LogP contribution >= 0.6 is 0 Å². The Balaban J connectivity index is 1.25. The predicted octanol–water partition coefficient (Wildman–Crippen LogP) is 9.81. The van der Waals surface area contributed by atoms with Gasteiger partial charge in [0.25, 0.3) is 0 Å². The summed E-state index contributed by atoms with van der Waals surface area (Å²) in [5.74, 6) is 0.857. The highest BCUT2D eigenvalue weighted by atomic mass is 16.3. The van der Waals surface area contributed by atoms with E-state index in [1.165, 1.54) is 0 Å². The van der Waals surface area contributed by atoms with Crippen molar-refractivity contribution in [3.63, 3.8) is 0 Å². The number of nitrogens with zero attached hydrogens (tertiary/aromatic N) is 2. The summed E-state index contributed by atoms with van der Waals surface area (Å²) in [6.45, 7) is 0. The largest absolute Gasteiger partial charge is 0.455 e. The van der Waals surface area contributed by atoms with Gasteiger partial charge < -0.3 is 9.73 Å². The van der Waals surface area contributed by atoms with Crippen LogP contribution in [-0.4, -0.2) is 10.8 Å². The molecule has 1 aliphatic rings. The Morgan fingerprint density at radius 2 is 1.30 bits per heavy atom. The molecule has 5 nitrogen and oxygen atoms in total. The van der Waals surface area contributed by atoms with Crippen molar-refractivity contribution in [1.82, 2.24) is 15.6 Å². The van der Waals surface area contributed by atoms with Crippen LogP contribution in [0.4, 0.5) is 0 Å². The van der Waals surface area contributed by atoms with Crippen LogP contribution in [0.3, 0.4) is 0 Å². The highest BCUT2D eigenvalue weighted by molar-refractivity contribution is 6.18. The average Bonchev–Trinajstić information content (AvgIpc) is 3.53. The number of fused-ring (bicyclic) bond motifs is 4. The van der Waals surface area contributed by atoms with Crippen LogP contribution in [0.15, 0.2) is 167 Å². The van der Waals surface area contributed by atoms with Crippen LogP contribution in [-0.2, 0) is 0 Å². The van der Waals surface area contributed by atoms with Gasteiger partial charge in [0.05, 0.1) is 5.52 Å². The number of nitrogens with one attached hydrogen (secondary N) is 2. The molecule has 2 aromatic heterocycles. The zero-order valence-corrected chi connectivity index (χ0v) is 25.5. The Hall–Kier alpha value is -6.04. The molecule has 1 aliphatic heterocycles. The van der Waals surface area contributed by atoms with Gasteiger partial charge in [-0.3, -0.25) is 10.3 Å². The molecule has 3 heterocycles. The fraction of sp³-hybridized carbons (Fsp3) is 0.0476. The molecule has 0 fully saturated rings. The Bertz CT molecular complexity index is 2420. The minimum Gasteiger partial charge on any atom is -0.455 e. The number of benzene rings is 6. The van der Waals surface area contributed by atoms with E-state index in [4.69, 9.17) is 9.41 Å². The van der Waals surface area contributed by atoms with Crippen molar-refractivity contribution >= 4 is 38.7 Å². The van der Waals surface area contributed by atoms with E-state index in [-0.39, 0.29) is 12.3 Å². The Morgan fingerprint density at radius 3 is 2.11 bits per heavy atom. The first-order chi connectivity index (χ1) is 23.3. The number of aromatic nitrogens is 1. The highest BCUT2D eigenvalue weighted by Crippen LogP contribution is 2.44. The molecule has 5 heteroatoms. The van der Waals surface area contributed by atoms with Crippen LogP contribution < -0.4 is 10.6 Å². The van der Waals surface area contributed by atoms with E-state index in [0.29, 0.717) is 0 Å². The summed E-state index contributed by atoms with van der Waals surface area (Å²) >= 11 is 0. The first kappa shape index (κ1) is 27.3. The van der Waals surface area contributed by atoms with Gasteiger partial charge in [-0.05, 0) is 46.0 Å². The van der Waals surface area contributed by atoms with E-state index in [1.54, 1.807) is 0 Å². The van der Waals surface area contributed by atoms with Gasteiger partial charge in [-0.25, -0.2) is 4.99 Å². The van der Waals surface area contributed by atoms with Crippen molar-refractivity contribution in [2.45, 2.75) is 12.3 Å². The van der Waals surface area contributed by atoms with E-state index >= 15 is 0 Å². The number of pyridine rings is 1. The Kier molecular flexibility index (Phi) is 6.61. The molecule has 0 aliphatic carbocycles. The molecule has 9 rings (SSSR count). The van der Waals surface area contributed by atoms with Crippen molar-refractivity contribution in [2.75, 3.05) is 0 Å². The summed E-state index contributed by atoms with van der Waals surface area (Å²) in [4.78, 5) is 9.75. The fourth-order valence-corrected chi connectivity index (χ4v) is 6.78. The lowest BCUT2D eigenvalue weighted by atomic mass is 9.91. The summed E-state index contributed by atoms with van der Waals surface area (Å²) in [5, 5.41) is 10.8. The standard InChI is InChI=1S/C42H30N4O/c1-4-13-27(14-5-1)31-22-23-33(38-35-25-30-19-12-24-43-36(30)26-37(35)47-39(31)38)32-20-10-11-21-34(32)42-45-40(28-15-6-2-7-16-28)44-41(46-42)29-17-8-3-9-18-29/h1-26,40,42,45H,(H,44,46). The average molecular weight is 607 g/mol. The van der Waals surface area contributed by atoms with Gasteiger partial charge in [0.15, 0.2) is 0 Å². The number of aliphatic imine (C=N–C) groups is 1. The van der Waals surface area contributed by atoms with Gasteiger partial charge in [0.1, 0.15) is 29.3 Å². The van der Waals surface area contributed by atoms with Crippen LogP contribution in [0.2, 0.25) is 0 Å². The van der Waals surface area contributed by atoms with Crippen LogP contribution in [0.25, 0.3) is 55.1 Å². The van der Waals surface area contributed by atoms with Crippen molar-refractivity contribution in [2.24, 2.45) is 4.99 Å². The van der Waals surface area contributed by atoms with Gasteiger partial charge in [0, 0.05) is 39.5 Å². The lowest BCUT2D eigenvalue weighted by molar-refractivity contribution is 0.409. The SMILES string of the molecule is c1ccc(C2=NC(c3ccccc3)NC(c3ccccc3-c3ccc(-c4ccccc4)c4oc5cc6ncccc6cc5c34)N2)cc1. The first-order valence-electron chi connectivity index (χ1n) is 15.9. The van der Waals surface area contributed by atoms with E-state index in [0.717, 1.165) is 77.6 Å². The molecule has 0 spiro atoms. The highest BCUT2D eigenvalue weighted by Gasteiger charge is 2.28. The number of amidine groups is 1. The molecule has 0 radical (unpaired) electrons. The second kappa shape index (κ2) is 11.4. The van der Waals surface area contributed by atoms with Gasteiger partial charge in [-0.2, -0.15) is 0 Å². The van der Waals surface area contributed by atoms with E-state index in [2.05, 4.69) is 143 Å². The molecule has 2 N–H and O–H groups in total. The van der Waals surface area contributed by atoms with Gasteiger partial charge >= 0.3 is 0 Å². The molecular weight excluding hydrogens is 576 g/mol. The smallest absolute Gasteiger partial charge is 0.143 e. The first-order valence-corrected chi connectivity index (χ1v) is 15.9. The zero-order valence-electron chi connectivity index (χ0n) is 25.5. The van der Waals surface area contributed by atoms with E-state index in [9.17, 15) is 0 Å². The summed E-state index contributed by atoms with van der Waals surface area (Å²) in [5.41, 5.74) is 10.3. The molecule has 2 atom stereocenters. The Labute approximate surface area is 272 Å². The third kappa shape index (κ3) is 4.85. The van der Waals surface area contributed by atoms with Gasteiger partial charge in [-0.1, -0.05) is 127 Å². The second-order valence-corrected chi connectivity index (χ2v) is 11.9. The molecule has 47 heavy (non-hydrogen) atoms. The number of hydrogen-bond acceptors (Lipinski definition) is 5. The summed E-state index contributed by atoms with van der Waals surface area (Å²) < 4.78 is 6.75. The molecule has 6 aromatic carbocycles. The Morgan fingerprint density at radius 1 is 0.596 bits per heavy atom. The maximum absolute atomic E-state index is 6.75.